The fraction of sp³-hybridized carbons (Fsp3) is 0.375. The number of anilines is 1. The number of fused-ring (bicyclic) bond motifs is 1. The van der Waals surface area contributed by atoms with Gasteiger partial charge in [0.1, 0.15) is 11.2 Å². The molecule has 0 bridgehead atoms. The van der Waals surface area contributed by atoms with Crippen LogP contribution in [-0.4, -0.2) is 51.6 Å². The first-order valence-electron chi connectivity index (χ1n) is 10.5. The van der Waals surface area contributed by atoms with Crippen LogP contribution in [0.1, 0.15) is 41.9 Å². The number of aryl methyl sites for hydroxylation is 2. The van der Waals surface area contributed by atoms with Gasteiger partial charge in [-0.05, 0) is 50.6 Å². The van der Waals surface area contributed by atoms with E-state index in [-0.39, 0.29) is 11.9 Å². The predicted octanol–water partition coefficient (Wildman–Crippen LogP) is 4.82. The summed E-state index contributed by atoms with van der Waals surface area (Å²) < 4.78 is 2.77. The molecule has 3 heterocycles. The van der Waals surface area contributed by atoms with E-state index in [9.17, 15) is 4.79 Å². The number of amides is 1. The number of nitrogens with zero attached hydrogens (tertiary/aromatic N) is 4. The molecule has 0 spiro atoms. The highest BCUT2D eigenvalue weighted by Crippen LogP contribution is 2.34. The number of hydrogen-bond acceptors (Lipinski definition) is 3. The van der Waals surface area contributed by atoms with Crippen LogP contribution in [0.2, 0.25) is 5.15 Å². The number of pyridine rings is 1. The van der Waals surface area contributed by atoms with Gasteiger partial charge < -0.3 is 9.05 Å². The summed E-state index contributed by atoms with van der Waals surface area (Å²) in [5.41, 5.74) is 6.68. The fourth-order valence-electron chi connectivity index (χ4n) is 4.27. The summed E-state index contributed by atoms with van der Waals surface area (Å²) in [5.74, 6) is 0.246. The molecule has 1 unspecified atom stereocenters. The number of quaternary nitrogens is 1. The zero-order chi connectivity index (χ0) is 22.5. The van der Waals surface area contributed by atoms with Crippen LogP contribution in [0.15, 0.2) is 35.9 Å². The lowest BCUT2D eigenvalue weighted by atomic mass is 9.90. The van der Waals surface area contributed by atoms with Gasteiger partial charge >= 0.3 is 0 Å². The predicted molar refractivity (Wildman–Crippen MR) is 126 cm³/mol. The number of carbonyl (C=O) groups excluding carboxylic acids is 1. The van der Waals surface area contributed by atoms with Gasteiger partial charge in [0.05, 0.1) is 37.4 Å². The van der Waals surface area contributed by atoms with Crippen LogP contribution < -0.4 is 5.32 Å². The molecule has 1 aromatic carbocycles. The van der Waals surface area contributed by atoms with Gasteiger partial charge in [0.2, 0.25) is 5.95 Å². The Morgan fingerprint density at radius 1 is 1.19 bits per heavy atom. The molecule has 0 aliphatic carbocycles. The SMILES string of the molecule is CC1=C(c2cc(C(=O)Nc3nc4ccc(C)cc4n3C)cc(Cl)n2)C(C)[N+](C)(C)CC1. The molecular formula is C24H29ClN5O+. The van der Waals surface area contributed by atoms with E-state index in [2.05, 4.69) is 49.3 Å². The van der Waals surface area contributed by atoms with Crippen LogP contribution in [0, 0.1) is 6.92 Å². The first-order valence-corrected chi connectivity index (χ1v) is 10.9. The molecule has 1 N–H and O–H groups in total. The zero-order valence-corrected chi connectivity index (χ0v) is 19.7. The van der Waals surface area contributed by atoms with Crippen molar-refractivity contribution in [2.45, 2.75) is 33.2 Å². The number of imidazole rings is 1. The Morgan fingerprint density at radius 2 is 1.94 bits per heavy atom. The van der Waals surface area contributed by atoms with Gasteiger partial charge in [-0.25, -0.2) is 9.97 Å². The lowest BCUT2D eigenvalue weighted by molar-refractivity contribution is -0.905. The van der Waals surface area contributed by atoms with Gasteiger partial charge in [0.15, 0.2) is 0 Å². The van der Waals surface area contributed by atoms with Crippen molar-refractivity contribution in [3.8, 4) is 0 Å². The van der Waals surface area contributed by atoms with Gasteiger partial charge in [-0.3, -0.25) is 10.1 Å². The minimum Gasteiger partial charge on any atom is -0.322 e. The van der Waals surface area contributed by atoms with Crippen molar-refractivity contribution >= 4 is 40.1 Å². The molecule has 4 rings (SSSR count). The molecule has 1 atom stereocenters. The first-order chi connectivity index (χ1) is 14.6. The molecule has 1 aliphatic rings. The van der Waals surface area contributed by atoms with E-state index in [0.717, 1.165) is 39.7 Å². The first kappa shape index (κ1) is 21.5. The summed E-state index contributed by atoms with van der Waals surface area (Å²) in [6.45, 7) is 7.47. The highest BCUT2D eigenvalue weighted by Gasteiger charge is 2.34. The standard InChI is InChI=1S/C24H28ClN5O/c1-14-7-8-18-20(11-14)29(4)24(27-18)28-23(31)17-12-19(26-21(25)13-17)22-15(2)9-10-30(5,6)16(22)3/h7-8,11-13,16H,9-10H2,1-6H3/p+1. The van der Waals surface area contributed by atoms with E-state index < -0.39 is 0 Å². The Balaban J connectivity index is 1.69. The summed E-state index contributed by atoms with van der Waals surface area (Å²) in [6, 6.07) is 9.74. The molecule has 7 heteroatoms. The van der Waals surface area contributed by atoms with Crippen LogP contribution in [-0.2, 0) is 7.05 Å². The second-order valence-electron chi connectivity index (χ2n) is 9.13. The molecular weight excluding hydrogens is 410 g/mol. The number of aromatic nitrogens is 3. The van der Waals surface area contributed by atoms with Gasteiger partial charge in [-0.2, -0.15) is 0 Å². The highest BCUT2D eigenvalue weighted by atomic mass is 35.5. The molecule has 162 valence electrons. The van der Waals surface area contributed by atoms with Crippen molar-refractivity contribution in [2.75, 3.05) is 26.0 Å². The zero-order valence-electron chi connectivity index (χ0n) is 19.0. The Kier molecular flexibility index (Phi) is 5.40. The topological polar surface area (TPSA) is 59.8 Å². The van der Waals surface area contributed by atoms with Crippen LogP contribution in [0.25, 0.3) is 16.6 Å². The Morgan fingerprint density at radius 3 is 2.68 bits per heavy atom. The number of halogens is 1. The third-order valence-electron chi connectivity index (χ3n) is 6.58. The van der Waals surface area contributed by atoms with Gasteiger partial charge in [-0.1, -0.05) is 23.2 Å². The number of rotatable bonds is 3. The van der Waals surface area contributed by atoms with Crippen LogP contribution in [0.4, 0.5) is 5.95 Å². The number of hydrogen-bond donors (Lipinski definition) is 1. The highest BCUT2D eigenvalue weighted by molar-refractivity contribution is 6.30. The van der Waals surface area contributed by atoms with E-state index in [1.54, 1.807) is 6.07 Å². The van der Waals surface area contributed by atoms with E-state index in [0.29, 0.717) is 16.7 Å². The molecule has 1 aliphatic heterocycles. The largest absolute Gasteiger partial charge is 0.322 e. The van der Waals surface area contributed by atoms with Crippen LogP contribution in [0.5, 0.6) is 0 Å². The average molecular weight is 439 g/mol. The summed E-state index contributed by atoms with van der Waals surface area (Å²) in [7, 11) is 6.35. The van der Waals surface area contributed by atoms with E-state index in [1.807, 2.05) is 36.7 Å². The minimum atomic E-state index is -0.254. The fourth-order valence-corrected chi connectivity index (χ4v) is 4.48. The molecule has 2 aromatic heterocycles. The average Bonchev–Trinajstić information content (AvgIpc) is 3.00. The number of nitrogens with one attached hydrogen (secondary N) is 1. The maximum atomic E-state index is 13.1. The number of benzene rings is 1. The molecule has 0 radical (unpaired) electrons. The Hall–Kier alpha value is -2.70. The Labute approximate surface area is 188 Å². The maximum absolute atomic E-state index is 13.1. The van der Waals surface area contributed by atoms with Crippen LogP contribution >= 0.6 is 11.6 Å². The van der Waals surface area contributed by atoms with E-state index >= 15 is 0 Å². The van der Waals surface area contributed by atoms with Crippen molar-refractivity contribution in [2.24, 2.45) is 7.05 Å². The Bertz CT molecular complexity index is 1220. The minimum absolute atomic E-state index is 0.254. The third-order valence-corrected chi connectivity index (χ3v) is 6.78. The maximum Gasteiger partial charge on any atom is 0.258 e. The van der Waals surface area contributed by atoms with Gasteiger partial charge in [-0.15, -0.1) is 0 Å². The molecule has 31 heavy (non-hydrogen) atoms. The normalized spacial score (nSPS) is 18.5. The lowest BCUT2D eigenvalue weighted by Gasteiger charge is -2.41. The van der Waals surface area contributed by atoms with Crippen LogP contribution in [0.3, 0.4) is 0 Å². The lowest BCUT2D eigenvalue weighted by Crippen LogP contribution is -2.51. The van der Waals surface area contributed by atoms with Crippen molar-refractivity contribution in [3.05, 3.63) is 57.9 Å². The summed E-state index contributed by atoms with van der Waals surface area (Å²) in [6.07, 6.45) is 1.00. The summed E-state index contributed by atoms with van der Waals surface area (Å²) in [5, 5.41) is 3.25. The smallest absolute Gasteiger partial charge is 0.258 e. The summed E-state index contributed by atoms with van der Waals surface area (Å²) >= 11 is 6.36. The monoisotopic (exact) mass is 438 g/mol. The molecule has 1 amide bonds. The second-order valence-corrected chi connectivity index (χ2v) is 9.51. The summed E-state index contributed by atoms with van der Waals surface area (Å²) in [4.78, 5) is 22.3. The second kappa shape index (κ2) is 7.77. The van der Waals surface area contributed by atoms with E-state index in [4.69, 9.17) is 11.6 Å². The third kappa shape index (κ3) is 3.98. The number of carbonyl (C=O) groups is 1. The molecule has 3 aromatic rings. The van der Waals surface area contributed by atoms with Crippen molar-refractivity contribution in [3.63, 3.8) is 0 Å². The van der Waals surface area contributed by atoms with E-state index in [1.165, 1.54) is 11.1 Å². The molecule has 6 nitrogen and oxygen atoms in total. The number of likely N-dealkylation sites (N-methyl/N-ethyl adjacent to an activating group) is 1. The molecule has 0 saturated heterocycles. The van der Waals surface area contributed by atoms with Gasteiger partial charge in [0.25, 0.3) is 5.91 Å². The van der Waals surface area contributed by atoms with Crippen molar-refractivity contribution in [1.29, 1.82) is 0 Å². The molecule has 0 saturated carbocycles. The van der Waals surface area contributed by atoms with Gasteiger partial charge in [0, 0.05) is 24.6 Å². The quantitative estimate of drug-likeness (QED) is 0.471. The van der Waals surface area contributed by atoms with Crippen molar-refractivity contribution in [1.82, 2.24) is 14.5 Å². The molecule has 0 fully saturated rings. The van der Waals surface area contributed by atoms with Crippen molar-refractivity contribution < 1.29 is 9.28 Å².